The van der Waals surface area contributed by atoms with E-state index in [0.717, 1.165) is 0 Å². The lowest BCUT2D eigenvalue weighted by Crippen LogP contribution is -2.35. The highest BCUT2D eigenvalue weighted by molar-refractivity contribution is 5.87. The van der Waals surface area contributed by atoms with Crippen LogP contribution in [-0.2, 0) is 6.54 Å². The van der Waals surface area contributed by atoms with Gasteiger partial charge in [0.15, 0.2) is 0 Å². The number of aromatic carboxylic acids is 1. The van der Waals surface area contributed by atoms with Gasteiger partial charge in [-0.2, -0.15) is 0 Å². The maximum Gasteiger partial charge on any atom is 0.338 e. The van der Waals surface area contributed by atoms with Crippen LogP contribution in [0.3, 0.4) is 0 Å². The lowest BCUT2D eigenvalue weighted by molar-refractivity contribution is 0.0696. The van der Waals surface area contributed by atoms with E-state index in [9.17, 15) is 9.59 Å². The summed E-state index contributed by atoms with van der Waals surface area (Å²) in [6, 6.07) is 0.865. The quantitative estimate of drug-likeness (QED) is 0.499. The van der Waals surface area contributed by atoms with Crippen molar-refractivity contribution in [3.8, 4) is 0 Å². The monoisotopic (exact) mass is 227 g/mol. The van der Waals surface area contributed by atoms with Gasteiger partial charge in [-0.3, -0.25) is 0 Å². The van der Waals surface area contributed by atoms with Crippen molar-refractivity contribution in [1.29, 1.82) is 0 Å². The molecule has 0 radical (unpaired) electrons. The minimum absolute atomic E-state index is 0.118. The number of furan rings is 1. The highest BCUT2D eigenvalue weighted by Crippen LogP contribution is 2.06. The lowest BCUT2D eigenvalue weighted by Gasteiger charge is -2.02. The number of hydrogen-bond acceptors (Lipinski definition) is 4. The molecule has 1 heterocycles. The van der Waals surface area contributed by atoms with Crippen molar-refractivity contribution in [2.75, 3.05) is 13.1 Å². The summed E-state index contributed by atoms with van der Waals surface area (Å²) >= 11 is 0. The molecule has 88 valence electrons. The minimum atomic E-state index is -1.02. The van der Waals surface area contributed by atoms with Gasteiger partial charge in [0.25, 0.3) is 0 Å². The Balaban J connectivity index is 2.21. The number of hydrogen-bond donors (Lipinski definition) is 4. The third kappa shape index (κ3) is 4.01. The molecule has 0 saturated heterocycles. The van der Waals surface area contributed by atoms with E-state index in [1.54, 1.807) is 0 Å². The van der Waals surface area contributed by atoms with E-state index < -0.39 is 12.0 Å². The van der Waals surface area contributed by atoms with Gasteiger partial charge in [0, 0.05) is 13.1 Å². The molecule has 0 spiro atoms. The number of rotatable bonds is 6. The Labute approximate surface area is 91.6 Å². The van der Waals surface area contributed by atoms with E-state index in [1.807, 2.05) is 0 Å². The SMILES string of the molecule is NC(=O)NCCNCc1cc(C(=O)O)co1. The molecule has 7 nitrogen and oxygen atoms in total. The molecule has 5 N–H and O–H groups in total. The van der Waals surface area contributed by atoms with Crippen LogP contribution in [0.15, 0.2) is 16.7 Å². The summed E-state index contributed by atoms with van der Waals surface area (Å²) in [4.78, 5) is 20.8. The normalized spacial score (nSPS) is 10.0. The maximum atomic E-state index is 10.5. The Kier molecular flexibility index (Phi) is 4.34. The maximum absolute atomic E-state index is 10.5. The van der Waals surface area contributed by atoms with Gasteiger partial charge in [0.05, 0.1) is 12.1 Å². The summed E-state index contributed by atoms with van der Waals surface area (Å²) in [6.07, 6.45) is 1.18. The Hall–Kier alpha value is -2.02. The van der Waals surface area contributed by atoms with Gasteiger partial charge < -0.3 is 25.9 Å². The van der Waals surface area contributed by atoms with Gasteiger partial charge in [-0.05, 0) is 6.07 Å². The first-order valence-electron chi connectivity index (χ1n) is 4.64. The van der Waals surface area contributed by atoms with E-state index in [2.05, 4.69) is 10.6 Å². The zero-order chi connectivity index (χ0) is 12.0. The van der Waals surface area contributed by atoms with Crippen LogP contribution in [-0.4, -0.2) is 30.2 Å². The number of primary amides is 1. The number of nitrogens with two attached hydrogens (primary N) is 1. The van der Waals surface area contributed by atoms with Crippen molar-refractivity contribution < 1.29 is 19.1 Å². The van der Waals surface area contributed by atoms with Crippen molar-refractivity contribution in [1.82, 2.24) is 10.6 Å². The summed E-state index contributed by atoms with van der Waals surface area (Å²) in [5, 5.41) is 14.0. The Morgan fingerprint density at radius 2 is 2.19 bits per heavy atom. The number of carbonyl (C=O) groups excluding carboxylic acids is 1. The molecule has 0 fully saturated rings. The lowest BCUT2D eigenvalue weighted by atomic mass is 10.3. The topological polar surface area (TPSA) is 118 Å². The van der Waals surface area contributed by atoms with E-state index in [0.29, 0.717) is 25.4 Å². The minimum Gasteiger partial charge on any atom is -0.478 e. The van der Waals surface area contributed by atoms with Crippen molar-refractivity contribution in [3.63, 3.8) is 0 Å². The predicted molar refractivity (Wildman–Crippen MR) is 55.0 cm³/mol. The summed E-state index contributed by atoms with van der Waals surface area (Å²) in [7, 11) is 0. The van der Waals surface area contributed by atoms with E-state index in [1.165, 1.54) is 12.3 Å². The van der Waals surface area contributed by atoms with E-state index in [-0.39, 0.29) is 5.56 Å². The number of carboxylic acid groups (broad SMARTS) is 1. The molecule has 7 heteroatoms. The molecule has 0 aliphatic carbocycles. The van der Waals surface area contributed by atoms with Gasteiger partial charge in [0.1, 0.15) is 12.0 Å². The summed E-state index contributed by atoms with van der Waals surface area (Å²) < 4.78 is 5.00. The highest BCUT2D eigenvalue weighted by atomic mass is 16.4. The third-order valence-electron chi connectivity index (χ3n) is 1.80. The largest absolute Gasteiger partial charge is 0.478 e. The summed E-state index contributed by atoms with van der Waals surface area (Å²) in [5.74, 6) is -0.498. The van der Waals surface area contributed by atoms with Crippen molar-refractivity contribution in [2.24, 2.45) is 5.73 Å². The van der Waals surface area contributed by atoms with Crippen LogP contribution in [0.1, 0.15) is 16.1 Å². The first-order chi connectivity index (χ1) is 7.59. The van der Waals surface area contributed by atoms with Crippen LogP contribution in [0.5, 0.6) is 0 Å². The molecule has 1 aromatic heterocycles. The smallest absolute Gasteiger partial charge is 0.338 e. The summed E-state index contributed by atoms with van der Waals surface area (Å²) in [5.41, 5.74) is 4.98. The fourth-order valence-electron chi connectivity index (χ4n) is 1.07. The zero-order valence-electron chi connectivity index (χ0n) is 8.53. The van der Waals surface area contributed by atoms with Crippen molar-refractivity contribution >= 4 is 12.0 Å². The average Bonchev–Trinajstić information content (AvgIpc) is 2.65. The van der Waals surface area contributed by atoms with Crippen LogP contribution < -0.4 is 16.4 Å². The van der Waals surface area contributed by atoms with Crippen LogP contribution in [0, 0.1) is 0 Å². The molecule has 0 unspecified atom stereocenters. The van der Waals surface area contributed by atoms with Crippen LogP contribution in [0.25, 0.3) is 0 Å². The van der Waals surface area contributed by atoms with E-state index >= 15 is 0 Å². The first kappa shape index (κ1) is 12.1. The Morgan fingerprint density at radius 1 is 1.44 bits per heavy atom. The Morgan fingerprint density at radius 3 is 2.75 bits per heavy atom. The molecule has 0 saturated carbocycles. The number of carbonyl (C=O) groups is 2. The molecule has 0 aliphatic rings. The van der Waals surface area contributed by atoms with Crippen LogP contribution in [0.4, 0.5) is 4.79 Å². The molecular weight excluding hydrogens is 214 g/mol. The number of amides is 2. The average molecular weight is 227 g/mol. The molecular formula is C9H13N3O4. The fraction of sp³-hybridized carbons (Fsp3) is 0.333. The van der Waals surface area contributed by atoms with E-state index in [4.69, 9.17) is 15.3 Å². The summed E-state index contributed by atoms with van der Waals surface area (Å²) in [6.45, 7) is 1.32. The second-order valence-corrected chi connectivity index (χ2v) is 3.07. The molecule has 2 amide bonds. The molecule has 16 heavy (non-hydrogen) atoms. The highest BCUT2D eigenvalue weighted by Gasteiger charge is 2.07. The molecule has 0 aromatic carbocycles. The third-order valence-corrected chi connectivity index (χ3v) is 1.80. The molecule has 0 bridgehead atoms. The fourth-order valence-corrected chi connectivity index (χ4v) is 1.07. The Bertz CT molecular complexity index is 375. The van der Waals surface area contributed by atoms with Gasteiger partial charge in [-0.25, -0.2) is 9.59 Å². The van der Waals surface area contributed by atoms with Crippen LogP contribution in [0.2, 0.25) is 0 Å². The zero-order valence-corrected chi connectivity index (χ0v) is 8.53. The molecule has 0 aliphatic heterocycles. The van der Waals surface area contributed by atoms with Gasteiger partial charge in [0.2, 0.25) is 0 Å². The van der Waals surface area contributed by atoms with Crippen molar-refractivity contribution in [3.05, 3.63) is 23.7 Å². The molecule has 0 atom stereocenters. The first-order valence-corrected chi connectivity index (χ1v) is 4.64. The number of carboxylic acids is 1. The number of urea groups is 1. The molecule has 1 rings (SSSR count). The van der Waals surface area contributed by atoms with Crippen molar-refractivity contribution in [2.45, 2.75) is 6.54 Å². The second-order valence-electron chi connectivity index (χ2n) is 3.07. The standard InChI is InChI=1S/C9H13N3O4/c10-9(15)12-2-1-11-4-7-3-6(5-16-7)8(13)14/h3,5,11H,1-2,4H2,(H,13,14)(H3,10,12,15). The predicted octanol–water partition coefficient (Wildman–Crippen LogP) is -0.264. The van der Waals surface area contributed by atoms with Gasteiger partial charge in [-0.15, -0.1) is 0 Å². The van der Waals surface area contributed by atoms with Gasteiger partial charge >= 0.3 is 12.0 Å². The van der Waals surface area contributed by atoms with Gasteiger partial charge in [-0.1, -0.05) is 0 Å². The second kappa shape index (κ2) is 5.76. The number of nitrogens with one attached hydrogen (secondary N) is 2. The molecule has 1 aromatic rings. The van der Waals surface area contributed by atoms with Crippen LogP contribution >= 0.6 is 0 Å².